The van der Waals surface area contributed by atoms with E-state index in [-0.39, 0.29) is 18.0 Å². The van der Waals surface area contributed by atoms with Crippen molar-refractivity contribution >= 4 is 17.6 Å². The first-order chi connectivity index (χ1) is 12.5. The second-order valence-corrected chi connectivity index (χ2v) is 6.82. The number of anilines is 1. The van der Waals surface area contributed by atoms with Gasteiger partial charge in [0, 0.05) is 31.6 Å². The fraction of sp³-hybridized carbons (Fsp3) is 0.333. The summed E-state index contributed by atoms with van der Waals surface area (Å²) in [5.41, 5.74) is 2.99. The van der Waals surface area contributed by atoms with E-state index in [1.54, 1.807) is 0 Å². The standard InChI is InChI=1S/C21H25N3O2/c1-15(18-9-6-10-20(13-18)23-16(2)25)22-21(26)24-12-11-19(14-24)17-7-4-3-5-8-17/h3-10,13,15,19H,11-12,14H2,1-2H3,(H,22,26)(H,23,25)/t15-,19+/m0/s1. The number of nitrogens with zero attached hydrogens (tertiary/aromatic N) is 1. The monoisotopic (exact) mass is 351 g/mol. The average Bonchev–Trinajstić information content (AvgIpc) is 3.12. The highest BCUT2D eigenvalue weighted by atomic mass is 16.2. The molecule has 2 aromatic carbocycles. The van der Waals surface area contributed by atoms with Gasteiger partial charge in [-0.2, -0.15) is 0 Å². The van der Waals surface area contributed by atoms with Gasteiger partial charge in [0.1, 0.15) is 0 Å². The van der Waals surface area contributed by atoms with Crippen molar-refractivity contribution in [1.29, 1.82) is 0 Å². The minimum Gasteiger partial charge on any atom is -0.331 e. The molecule has 0 aliphatic carbocycles. The van der Waals surface area contributed by atoms with Gasteiger partial charge in [0.25, 0.3) is 0 Å². The van der Waals surface area contributed by atoms with Crippen molar-refractivity contribution in [1.82, 2.24) is 10.2 Å². The van der Waals surface area contributed by atoms with Crippen LogP contribution >= 0.6 is 0 Å². The van der Waals surface area contributed by atoms with Crippen molar-refractivity contribution in [2.24, 2.45) is 0 Å². The lowest BCUT2D eigenvalue weighted by Gasteiger charge is -2.22. The smallest absolute Gasteiger partial charge is 0.317 e. The highest BCUT2D eigenvalue weighted by molar-refractivity contribution is 5.88. The molecule has 1 heterocycles. The Balaban J connectivity index is 1.59. The number of likely N-dealkylation sites (tertiary alicyclic amines) is 1. The third-order valence-electron chi connectivity index (χ3n) is 4.79. The molecule has 5 nitrogen and oxygen atoms in total. The average molecular weight is 351 g/mol. The maximum Gasteiger partial charge on any atom is 0.317 e. The summed E-state index contributed by atoms with van der Waals surface area (Å²) < 4.78 is 0. The van der Waals surface area contributed by atoms with Crippen LogP contribution in [0.1, 0.15) is 43.4 Å². The van der Waals surface area contributed by atoms with E-state index in [1.807, 2.05) is 54.3 Å². The Labute approximate surface area is 154 Å². The molecule has 26 heavy (non-hydrogen) atoms. The van der Waals surface area contributed by atoms with Crippen LogP contribution in [0.3, 0.4) is 0 Å². The van der Waals surface area contributed by atoms with Gasteiger partial charge in [-0.3, -0.25) is 4.79 Å². The summed E-state index contributed by atoms with van der Waals surface area (Å²) in [5.74, 6) is 0.295. The van der Waals surface area contributed by atoms with E-state index in [0.29, 0.717) is 5.92 Å². The van der Waals surface area contributed by atoms with E-state index in [0.717, 1.165) is 30.8 Å². The number of hydrogen-bond donors (Lipinski definition) is 2. The molecule has 1 fully saturated rings. The molecule has 0 saturated carbocycles. The third kappa shape index (κ3) is 4.42. The SMILES string of the molecule is CC(=O)Nc1cccc([C@H](C)NC(=O)N2CC[C@@H](c3ccccc3)C2)c1. The van der Waals surface area contributed by atoms with Crippen molar-refractivity contribution in [2.45, 2.75) is 32.2 Å². The molecule has 2 aromatic rings. The van der Waals surface area contributed by atoms with Crippen LogP contribution in [-0.4, -0.2) is 29.9 Å². The van der Waals surface area contributed by atoms with Crippen molar-refractivity contribution in [3.05, 3.63) is 65.7 Å². The minimum atomic E-state index is -0.132. The summed E-state index contributed by atoms with van der Waals surface area (Å²) in [6.07, 6.45) is 0.990. The highest BCUT2D eigenvalue weighted by Gasteiger charge is 2.27. The molecule has 5 heteroatoms. The number of urea groups is 1. The molecule has 1 saturated heterocycles. The highest BCUT2D eigenvalue weighted by Crippen LogP contribution is 2.27. The predicted molar refractivity (Wildman–Crippen MR) is 103 cm³/mol. The van der Waals surface area contributed by atoms with Crippen molar-refractivity contribution < 1.29 is 9.59 Å². The maximum absolute atomic E-state index is 12.6. The topological polar surface area (TPSA) is 61.4 Å². The number of nitrogens with one attached hydrogen (secondary N) is 2. The van der Waals surface area contributed by atoms with Crippen LogP contribution in [0, 0.1) is 0 Å². The Morgan fingerprint density at radius 3 is 2.62 bits per heavy atom. The van der Waals surface area contributed by atoms with Gasteiger partial charge in [-0.15, -0.1) is 0 Å². The lowest BCUT2D eigenvalue weighted by atomic mass is 9.99. The van der Waals surface area contributed by atoms with E-state index in [4.69, 9.17) is 0 Å². The van der Waals surface area contributed by atoms with Gasteiger partial charge in [-0.05, 0) is 36.6 Å². The van der Waals surface area contributed by atoms with Crippen LogP contribution in [0.25, 0.3) is 0 Å². The Morgan fingerprint density at radius 1 is 1.12 bits per heavy atom. The number of amides is 3. The Bertz CT molecular complexity index is 776. The van der Waals surface area contributed by atoms with Gasteiger partial charge in [0.2, 0.25) is 5.91 Å². The molecule has 0 aromatic heterocycles. The normalized spacial score (nSPS) is 17.6. The van der Waals surface area contributed by atoms with E-state index >= 15 is 0 Å². The van der Waals surface area contributed by atoms with E-state index in [1.165, 1.54) is 12.5 Å². The summed E-state index contributed by atoms with van der Waals surface area (Å²) in [7, 11) is 0. The molecular weight excluding hydrogens is 326 g/mol. The molecule has 3 amide bonds. The first-order valence-electron chi connectivity index (χ1n) is 9.01. The van der Waals surface area contributed by atoms with Crippen LogP contribution in [0.2, 0.25) is 0 Å². The number of hydrogen-bond acceptors (Lipinski definition) is 2. The van der Waals surface area contributed by atoms with Crippen LogP contribution in [0.4, 0.5) is 10.5 Å². The van der Waals surface area contributed by atoms with Gasteiger partial charge in [-0.25, -0.2) is 4.79 Å². The fourth-order valence-electron chi connectivity index (χ4n) is 3.39. The molecule has 2 atom stereocenters. The lowest BCUT2D eigenvalue weighted by molar-refractivity contribution is -0.114. The number of rotatable bonds is 4. The molecule has 0 unspecified atom stereocenters. The first kappa shape index (κ1) is 18.0. The second kappa shape index (κ2) is 8.04. The summed E-state index contributed by atoms with van der Waals surface area (Å²) in [4.78, 5) is 25.7. The van der Waals surface area contributed by atoms with Crippen LogP contribution in [0.5, 0.6) is 0 Å². The van der Waals surface area contributed by atoms with E-state index in [9.17, 15) is 9.59 Å². The van der Waals surface area contributed by atoms with Crippen molar-refractivity contribution in [2.75, 3.05) is 18.4 Å². The lowest BCUT2D eigenvalue weighted by Crippen LogP contribution is -2.39. The zero-order valence-electron chi connectivity index (χ0n) is 15.2. The van der Waals surface area contributed by atoms with Gasteiger partial charge < -0.3 is 15.5 Å². The minimum absolute atomic E-state index is 0.0409. The summed E-state index contributed by atoms with van der Waals surface area (Å²) in [6.45, 7) is 4.95. The largest absolute Gasteiger partial charge is 0.331 e. The Hall–Kier alpha value is -2.82. The van der Waals surface area contributed by atoms with Crippen LogP contribution < -0.4 is 10.6 Å². The molecule has 0 bridgehead atoms. The molecule has 0 radical (unpaired) electrons. The van der Waals surface area contributed by atoms with E-state index < -0.39 is 0 Å². The van der Waals surface area contributed by atoms with Crippen molar-refractivity contribution in [3.63, 3.8) is 0 Å². The van der Waals surface area contributed by atoms with Gasteiger partial charge in [0.05, 0.1) is 6.04 Å². The quantitative estimate of drug-likeness (QED) is 0.877. The molecule has 1 aliphatic heterocycles. The predicted octanol–water partition coefficient (Wildman–Crippen LogP) is 3.91. The zero-order valence-corrected chi connectivity index (χ0v) is 15.2. The zero-order chi connectivity index (χ0) is 18.5. The fourth-order valence-corrected chi connectivity index (χ4v) is 3.39. The van der Waals surface area contributed by atoms with Crippen LogP contribution in [-0.2, 0) is 4.79 Å². The molecule has 2 N–H and O–H groups in total. The number of benzene rings is 2. The molecule has 0 spiro atoms. The summed E-state index contributed by atoms with van der Waals surface area (Å²) >= 11 is 0. The molecular formula is C21H25N3O2. The number of carbonyl (C=O) groups is 2. The number of carbonyl (C=O) groups excluding carboxylic acids is 2. The summed E-state index contributed by atoms with van der Waals surface area (Å²) in [6, 6.07) is 17.7. The third-order valence-corrected chi connectivity index (χ3v) is 4.79. The second-order valence-electron chi connectivity index (χ2n) is 6.82. The van der Waals surface area contributed by atoms with Crippen LogP contribution in [0.15, 0.2) is 54.6 Å². The summed E-state index contributed by atoms with van der Waals surface area (Å²) in [5, 5.41) is 5.84. The van der Waals surface area contributed by atoms with Crippen molar-refractivity contribution in [3.8, 4) is 0 Å². The first-order valence-corrected chi connectivity index (χ1v) is 9.01. The van der Waals surface area contributed by atoms with E-state index in [2.05, 4.69) is 22.8 Å². The van der Waals surface area contributed by atoms with Gasteiger partial charge >= 0.3 is 6.03 Å². The Kier molecular flexibility index (Phi) is 5.56. The van der Waals surface area contributed by atoms with Gasteiger partial charge in [0.15, 0.2) is 0 Å². The van der Waals surface area contributed by atoms with Gasteiger partial charge in [-0.1, -0.05) is 42.5 Å². The maximum atomic E-state index is 12.6. The molecule has 136 valence electrons. The molecule has 3 rings (SSSR count). The molecule has 1 aliphatic rings. The Morgan fingerprint density at radius 2 is 1.88 bits per heavy atom.